The van der Waals surface area contributed by atoms with E-state index < -0.39 is 18.5 Å². The summed E-state index contributed by atoms with van der Waals surface area (Å²) in [5, 5.41) is 2.60. The fourth-order valence-corrected chi connectivity index (χ4v) is 2.93. The highest BCUT2D eigenvalue weighted by Gasteiger charge is 2.34. The molecule has 0 radical (unpaired) electrons. The summed E-state index contributed by atoms with van der Waals surface area (Å²) in [5.41, 5.74) is 0.717. The lowest BCUT2D eigenvalue weighted by Crippen LogP contribution is -2.42. The number of hydrogen-bond donors (Lipinski definition) is 1. The molecule has 1 heterocycles. The van der Waals surface area contributed by atoms with Gasteiger partial charge >= 0.3 is 5.97 Å². The Hall–Kier alpha value is -3.23. The van der Waals surface area contributed by atoms with Gasteiger partial charge in [-0.3, -0.25) is 28.9 Å². The number of benzene rings is 1. The van der Waals surface area contributed by atoms with E-state index in [-0.39, 0.29) is 43.7 Å². The van der Waals surface area contributed by atoms with Crippen LogP contribution in [-0.4, -0.2) is 72.2 Å². The quantitative estimate of drug-likeness (QED) is 0.452. The lowest BCUT2D eigenvalue weighted by molar-refractivity contribution is -0.152. The Morgan fingerprint density at radius 1 is 1.07 bits per heavy atom. The topological polar surface area (TPSA) is 113 Å². The highest BCUT2D eigenvalue weighted by Crippen LogP contribution is 2.22. The number of carbonyl (C=O) groups excluding carboxylic acids is 5. The van der Waals surface area contributed by atoms with E-state index in [2.05, 4.69) is 5.32 Å². The zero-order chi connectivity index (χ0) is 21.4. The molecule has 0 saturated carbocycles. The number of rotatable bonds is 10. The number of esters is 1. The van der Waals surface area contributed by atoms with Crippen molar-refractivity contribution in [2.45, 2.75) is 26.7 Å². The van der Waals surface area contributed by atoms with Crippen LogP contribution < -0.4 is 5.32 Å². The minimum atomic E-state index is -0.607. The molecule has 1 aromatic rings. The third-order valence-electron chi connectivity index (χ3n) is 4.44. The molecular weight excluding hydrogens is 378 g/mol. The largest absolute Gasteiger partial charge is 0.456 e. The van der Waals surface area contributed by atoms with Crippen LogP contribution in [0.15, 0.2) is 24.3 Å². The summed E-state index contributed by atoms with van der Waals surface area (Å²) < 4.78 is 4.96. The number of nitrogens with one attached hydrogen (secondary N) is 1. The lowest BCUT2D eigenvalue weighted by Gasteiger charge is -2.20. The first-order valence-electron chi connectivity index (χ1n) is 9.54. The highest BCUT2D eigenvalue weighted by atomic mass is 16.5. The van der Waals surface area contributed by atoms with Gasteiger partial charge in [-0.2, -0.15) is 0 Å². The Balaban J connectivity index is 1.74. The van der Waals surface area contributed by atoms with E-state index in [4.69, 9.17) is 4.74 Å². The van der Waals surface area contributed by atoms with Crippen LogP contribution in [-0.2, 0) is 19.1 Å². The standard InChI is InChI=1S/C20H25N3O6/c1-3-21-16(24)12-22(4-2)17(25)13-29-18(26)10-7-11-23-19(27)14-8-5-6-9-15(14)20(23)28/h5-6,8-9H,3-4,7,10-13H2,1-2H3,(H,21,24). The van der Waals surface area contributed by atoms with Crippen molar-refractivity contribution in [3.63, 3.8) is 0 Å². The molecule has 0 atom stereocenters. The predicted molar refractivity (Wildman–Crippen MR) is 103 cm³/mol. The van der Waals surface area contributed by atoms with Gasteiger partial charge < -0.3 is 15.0 Å². The summed E-state index contributed by atoms with van der Waals surface area (Å²) in [6, 6.07) is 6.56. The SMILES string of the molecule is CCNC(=O)CN(CC)C(=O)COC(=O)CCCN1C(=O)c2ccccc2C1=O. The van der Waals surface area contributed by atoms with Gasteiger partial charge in [0, 0.05) is 26.1 Å². The molecule has 0 unspecified atom stereocenters. The van der Waals surface area contributed by atoms with Crippen molar-refractivity contribution in [1.82, 2.24) is 15.1 Å². The molecule has 9 nitrogen and oxygen atoms in total. The second-order valence-corrected chi connectivity index (χ2v) is 6.43. The van der Waals surface area contributed by atoms with Crippen LogP contribution in [0.5, 0.6) is 0 Å². The van der Waals surface area contributed by atoms with E-state index >= 15 is 0 Å². The van der Waals surface area contributed by atoms with Crippen LogP contribution in [0.1, 0.15) is 47.4 Å². The van der Waals surface area contributed by atoms with Crippen LogP contribution in [0.2, 0.25) is 0 Å². The summed E-state index contributed by atoms with van der Waals surface area (Å²) in [4.78, 5) is 62.4. The molecule has 9 heteroatoms. The molecule has 1 aliphatic rings. The third kappa shape index (κ3) is 5.63. The maximum absolute atomic E-state index is 12.2. The van der Waals surface area contributed by atoms with Crippen molar-refractivity contribution < 1.29 is 28.7 Å². The van der Waals surface area contributed by atoms with Gasteiger partial charge in [0.15, 0.2) is 6.61 Å². The molecule has 4 amide bonds. The van der Waals surface area contributed by atoms with Gasteiger partial charge in [-0.15, -0.1) is 0 Å². The lowest BCUT2D eigenvalue weighted by atomic mass is 10.1. The monoisotopic (exact) mass is 403 g/mol. The van der Waals surface area contributed by atoms with Gasteiger partial charge in [0.25, 0.3) is 17.7 Å². The smallest absolute Gasteiger partial charge is 0.306 e. The molecular formula is C20H25N3O6. The van der Waals surface area contributed by atoms with Gasteiger partial charge in [0.05, 0.1) is 17.7 Å². The van der Waals surface area contributed by atoms with Crippen molar-refractivity contribution in [3.05, 3.63) is 35.4 Å². The zero-order valence-corrected chi connectivity index (χ0v) is 16.6. The molecule has 0 fully saturated rings. The summed E-state index contributed by atoms with van der Waals surface area (Å²) >= 11 is 0. The molecule has 0 aliphatic carbocycles. The molecule has 1 aromatic carbocycles. The molecule has 0 spiro atoms. The predicted octanol–water partition coefficient (Wildman–Crippen LogP) is 0.591. The van der Waals surface area contributed by atoms with Crippen LogP contribution in [0.3, 0.4) is 0 Å². The fourth-order valence-electron chi connectivity index (χ4n) is 2.93. The first-order chi connectivity index (χ1) is 13.9. The molecule has 1 aliphatic heterocycles. The Kier molecular flexibility index (Phi) is 7.88. The number of likely N-dealkylation sites (N-methyl/N-ethyl adjacent to an activating group) is 2. The zero-order valence-electron chi connectivity index (χ0n) is 16.6. The molecule has 1 N–H and O–H groups in total. The number of hydrogen-bond acceptors (Lipinski definition) is 6. The summed E-state index contributed by atoms with van der Waals surface area (Å²) in [6.07, 6.45) is 0.192. The van der Waals surface area contributed by atoms with E-state index in [9.17, 15) is 24.0 Å². The van der Waals surface area contributed by atoms with Crippen LogP contribution in [0.25, 0.3) is 0 Å². The Bertz CT molecular complexity index is 772. The summed E-state index contributed by atoms with van der Waals surface area (Å²) in [6.45, 7) is 3.81. The normalized spacial score (nSPS) is 12.6. The van der Waals surface area contributed by atoms with E-state index in [0.717, 1.165) is 4.90 Å². The second-order valence-electron chi connectivity index (χ2n) is 6.43. The van der Waals surface area contributed by atoms with Gasteiger partial charge in [-0.1, -0.05) is 12.1 Å². The first-order valence-corrected chi connectivity index (χ1v) is 9.54. The van der Waals surface area contributed by atoms with Crippen molar-refractivity contribution in [2.24, 2.45) is 0 Å². The maximum Gasteiger partial charge on any atom is 0.306 e. The Labute approximate surface area is 169 Å². The Morgan fingerprint density at radius 2 is 1.69 bits per heavy atom. The van der Waals surface area contributed by atoms with Crippen LogP contribution in [0.4, 0.5) is 0 Å². The van der Waals surface area contributed by atoms with E-state index in [1.807, 2.05) is 0 Å². The minimum Gasteiger partial charge on any atom is -0.456 e. The minimum absolute atomic E-state index is 0.0386. The molecule has 0 bridgehead atoms. The van der Waals surface area contributed by atoms with Crippen molar-refractivity contribution in [3.8, 4) is 0 Å². The van der Waals surface area contributed by atoms with Crippen molar-refractivity contribution in [1.29, 1.82) is 0 Å². The number of nitrogens with zero attached hydrogens (tertiary/aromatic N) is 2. The van der Waals surface area contributed by atoms with Gasteiger partial charge in [-0.05, 0) is 32.4 Å². The van der Waals surface area contributed by atoms with Crippen LogP contribution >= 0.6 is 0 Å². The summed E-state index contributed by atoms with van der Waals surface area (Å²) in [5.74, 6) is -2.11. The van der Waals surface area contributed by atoms with Crippen molar-refractivity contribution in [2.75, 3.05) is 32.8 Å². The fraction of sp³-hybridized carbons (Fsp3) is 0.450. The first kappa shape index (κ1) is 22.1. The number of imide groups is 1. The van der Waals surface area contributed by atoms with Crippen LogP contribution in [0, 0.1) is 0 Å². The van der Waals surface area contributed by atoms with E-state index in [1.165, 1.54) is 4.90 Å². The van der Waals surface area contributed by atoms with Gasteiger partial charge in [0.2, 0.25) is 5.91 Å². The average Bonchev–Trinajstić information content (AvgIpc) is 2.95. The number of carbonyl (C=O) groups is 5. The molecule has 0 aromatic heterocycles. The van der Waals surface area contributed by atoms with Gasteiger partial charge in [-0.25, -0.2) is 0 Å². The molecule has 156 valence electrons. The molecule has 2 rings (SSSR count). The molecule has 0 saturated heterocycles. The summed E-state index contributed by atoms with van der Waals surface area (Å²) in [7, 11) is 0. The average molecular weight is 403 g/mol. The highest BCUT2D eigenvalue weighted by molar-refractivity contribution is 6.21. The second kappa shape index (κ2) is 10.4. The number of amides is 4. The van der Waals surface area contributed by atoms with E-state index in [1.54, 1.807) is 38.1 Å². The van der Waals surface area contributed by atoms with Gasteiger partial charge in [0.1, 0.15) is 0 Å². The third-order valence-corrected chi connectivity index (χ3v) is 4.44. The van der Waals surface area contributed by atoms with Crippen molar-refractivity contribution >= 4 is 29.6 Å². The number of fused-ring (bicyclic) bond motifs is 1. The Morgan fingerprint density at radius 3 is 2.24 bits per heavy atom. The maximum atomic E-state index is 12.2. The number of ether oxygens (including phenoxy) is 1. The molecule has 29 heavy (non-hydrogen) atoms. The van der Waals surface area contributed by atoms with E-state index in [0.29, 0.717) is 24.2 Å².